The lowest BCUT2D eigenvalue weighted by Crippen LogP contribution is -2.31. The van der Waals surface area contributed by atoms with E-state index in [1.54, 1.807) is 0 Å². The number of hydrogen-bond donors (Lipinski definition) is 1. The molecule has 1 heterocycles. The van der Waals surface area contributed by atoms with E-state index in [2.05, 4.69) is 18.5 Å². The predicted octanol–water partition coefficient (Wildman–Crippen LogP) is 2.55. The summed E-state index contributed by atoms with van der Waals surface area (Å²) in [5, 5.41) is 9.60. The molecular formula is C10H22NO2PS. The molecule has 0 spiro atoms. The first-order valence-electron chi connectivity index (χ1n) is 5.47. The van der Waals surface area contributed by atoms with Gasteiger partial charge in [-0.2, -0.15) is 0 Å². The van der Waals surface area contributed by atoms with Gasteiger partial charge in [-0.25, -0.2) is 0 Å². The summed E-state index contributed by atoms with van der Waals surface area (Å²) in [6, 6.07) is 0. The highest BCUT2D eigenvalue weighted by Gasteiger charge is 2.55. The Kier molecular flexibility index (Phi) is 3.70. The first-order chi connectivity index (χ1) is 6.68. The third kappa shape index (κ3) is 2.29. The Hall–Kier alpha value is 0.530. The van der Waals surface area contributed by atoms with E-state index in [4.69, 9.17) is 16.3 Å². The zero-order chi connectivity index (χ0) is 11.9. The van der Waals surface area contributed by atoms with Crippen LogP contribution >= 0.6 is 6.42 Å². The van der Waals surface area contributed by atoms with Gasteiger partial charge in [0.05, 0.1) is 5.60 Å². The van der Waals surface area contributed by atoms with E-state index in [0.29, 0.717) is 6.42 Å². The average molecular weight is 251 g/mol. The van der Waals surface area contributed by atoms with Crippen molar-refractivity contribution < 1.29 is 9.63 Å². The van der Waals surface area contributed by atoms with Crippen LogP contribution in [0.1, 0.15) is 41.0 Å². The highest BCUT2D eigenvalue weighted by Crippen LogP contribution is 2.70. The topological polar surface area (TPSA) is 32.7 Å². The van der Waals surface area contributed by atoms with Gasteiger partial charge in [-0.1, -0.05) is 13.8 Å². The quantitative estimate of drug-likeness (QED) is 0.781. The van der Waals surface area contributed by atoms with Gasteiger partial charge in [0.25, 0.3) is 0 Å². The van der Waals surface area contributed by atoms with Crippen molar-refractivity contribution >= 4 is 18.2 Å². The monoisotopic (exact) mass is 251 g/mol. The van der Waals surface area contributed by atoms with Crippen molar-refractivity contribution in [2.75, 3.05) is 13.1 Å². The molecule has 1 N–H and O–H groups in total. The maximum atomic E-state index is 10.5. The highest BCUT2D eigenvalue weighted by atomic mass is 32.4. The van der Waals surface area contributed by atoms with Crippen LogP contribution in [-0.2, 0) is 16.3 Å². The standard InChI is InChI=1S/C10H22NO2PS/c1-6-11(7-2)14(15)10(5,12)8-9(3,4)13-14/h12H,6-8H2,1-5H3/t10-,14+/m1/s1. The van der Waals surface area contributed by atoms with Crippen LogP contribution in [0.4, 0.5) is 0 Å². The lowest BCUT2D eigenvalue weighted by atomic mass is 10.0. The SMILES string of the molecule is CCN(CC)[P@]1(=S)OC(C)(C)C[C@]1(C)O. The molecule has 1 aliphatic rings. The second kappa shape index (κ2) is 4.08. The largest absolute Gasteiger partial charge is 0.381 e. The zero-order valence-electron chi connectivity index (χ0n) is 10.3. The van der Waals surface area contributed by atoms with Gasteiger partial charge in [-0.15, -0.1) is 0 Å². The molecule has 2 atom stereocenters. The molecule has 0 amide bonds. The Bertz CT molecular complexity index is 287. The fraction of sp³-hybridized carbons (Fsp3) is 1.00. The van der Waals surface area contributed by atoms with Crippen LogP contribution in [0.3, 0.4) is 0 Å². The van der Waals surface area contributed by atoms with Crippen molar-refractivity contribution in [1.29, 1.82) is 0 Å². The summed E-state index contributed by atoms with van der Waals surface area (Å²) in [7, 11) is 0. The van der Waals surface area contributed by atoms with Gasteiger partial charge in [0.15, 0.2) is 6.42 Å². The molecule has 1 rings (SSSR count). The lowest BCUT2D eigenvalue weighted by molar-refractivity contribution is 0.0932. The van der Waals surface area contributed by atoms with E-state index in [0.717, 1.165) is 13.1 Å². The molecule has 1 fully saturated rings. The van der Waals surface area contributed by atoms with Crippen molar-refractivity contribution in [3.63, 3.8) is 0 Å². The van der Waals surface area contributed by atoms with Crippen molar-refractivity contribution in [1.82, 2.24) is 4.67 Å². The predicted molar refractivity (Wildman–Crippen MR) is 67.6 cm³/mol. The molecule has 0 aromatic heterocycles. The van der Waals surface area contributed by atoms with Gasteiger partial charge in [0.2, 0.25) is 0 Å². The van der Waals surface area contributed by atoms with Crippen molar-refractivity contribution in [3.8, 4) is 0 Å². The minimum atomic E-state index is -2.28. The molecule has 0 aliphatic carbocycles. The summed E-state index contributed by atoms with van der Waals surface area (Å²) < 4.78 is 8.11. The van der Waals surface area contributed by atoms with E-state index in [1.807, 2.05) is 20.8 Å². The normalized spacial score (nSPS) is 39.9. The van der Waals surface area contributed by atoms with Gasteiger partial charge in [-0.05, 0) is 32.6 Å². The first kappa shape index (κ1) is 13.6. The van der Waals surface area contributed by atoms with Gasteiger partial charge in [0.1, 0.15) is 5.34 Å². The van der Waals surface area contributed by atoms with Crippen molar-refractivity contribution in [2.45, 2.75) is 52.0 Å². The van der Waals surface area contributed by atoms with E-state index in [-0.39, 0.29) is 5.60 Å². The molecule has 0 bridgehead atoms. The first-order valence-corrected chi connectivity index (χ1v) is 8.14. The molecule has 15 heavy (non-hydrogen) atoms. The molecule has 1 aliphatic heterocycles. The fourth-order valence-corrected chi connectivity index (χ4v) is 6.80. The van der Waals surface area contributed by atoms with E-state index >= 15 is 0 Å². The molecule has 0 aromatic rings. The molecule has 0 unspecified atom stereocenters. The molecule has 5 heteroatoms. The van der Waals surface area contributed by atoms with E-state index in [1.165, 1.54) is 0 Å². The third-order valence-electron chi connectivity index (χ3n) is 2.84. The van der Waals surface area contributed by atoms with E-state index < -0.39 is 11.8 Å². The summed E-state index contributed by atoms with van der Waals surface area (Å²) in [4.78, 5) is 0. The lowest BCUT2D eigenvalue weighted by Gasteiger charge is -2.37. The number of nitrogens with zero attached hydrogens (tertiary/aromatic N) is 1. The van der Waals surface area contributed by atoms with Crippen LogP contribution in [0, 0.1) is 0 Å². The molecular weight excluding hydrogens is 229 g/mol. The summed E-state index contributed by atoms with van der Waals surface area (Å²) in [6.45, 7) is 11.6. The van der Waals surface area contributed by atoms with Crippen LogP contribution in [0.15, 0.2) is 0 Å². The smallest absolute Gasteiger partial charge is 0.163 e. The van der Waals surface area contributed by atoms with Crippen molar-refractivity contribution in [3.05, 3.63) is 0 Å². The van der Waals surface area contributed by atoms with Crippen molar-refractivity contribution in [2.24, 2.45) is 0 Å². The van der Waals surface area contributed by atoms with Crippen LogP contribution < -0.4 is 0 Å². The number of rotatable bonds is 3. The Morgan fingerprint density at radius 1 is 1.33 bits per heavy atom. The molecule has 3 nitrogen and oxygen atoms in total. The van der Waals surface area contributed by atoms with Gasteiger partial charge < -0.3 is 9.63 Å². The van der Waals surface area contributed by atoms with Crippen LogP contribution in [0.25, 0.3) is 0 Å². The Labute approximate surface area is 97.9 Å². The number of hydrogen-bond acceptors (Lipinski definition) is 3. The Morgan fingerprint density at radius 3 is 2.07 bits per heavy atom. The number of aliphatic hydroxyl groups is 1. The summed E-state index contributed by atoms with van der Waals surface area (Å²) in [5.41, 5.74) is -0.304. The van der Waals surface area contributed by atoms with Crippen LogP contribution in [0.5, 0.6) is 0 Å². The highest BCUT2D eigenvalue weighted by molar-refractivity contribution is 8.11. The minimum Gasteiger partial charge on any atom is -0.381 e. The van der Waals surface area contributed by atoms with Gasteiger partial charge >= 0.3 is 0 Å². The van der Waals surface area contributed by atoms with Gasteiger partial charge in [-0.3, -0.25) is 4.67 Å². The second-order valence-corrected chi connectivity index (χ2v) is 9.14. The molecule has 1 saturated heterocycles. The third-order valence-corrected chi connectivity index (χ3v) is 8.37. The fourth-order valence-electron chi connectivity index (χ4n) is 2.33. The maximum absolute atomic E-state index is 10.5. The molecule has 0 aromatic carbocycles. The van der Waals surface area contributed by atoms with Crippen LogP contribution in [0.2, 0.25) is 0 Å². The zero-order valence-corrected chi connectivity index (χ0v) is 12.0. The second-order valence-electron chi connectivity index (χ2n) is 4.90. The maximum Gasteiger partial charge on any atom is 0.163 e. The summed E-state index contributed by atoms with van der Waals surface area (Å²) >= 11 is 5.64. The Morgan fingerprint density at radius 2 is 1.80 bits per heavy atom. The minimum absolute atomic E-state index is 0.304. The molecule has 0 radical (unpaired) electrons. The molecule has 90 valence electrons. The van der Waals surface area contributed by atoms with Gasteiger partial charge in [0, 0.05) is 19.5 Å². The molecule has 0 saturated carbocycles. The summed E-state index contributed by atoms with van der Waals surface area (Å²) in [5.74, 6) is 0. The average Bonchev–Trinajstić information content (AvgIpc) is 2.18. The van der Waals surface area contributed by atoms with Crippen LogP contribution in [-0.4, -0.2) is 33.8 Å². The summed E-state index contributed by atoms with van der Waals surface area (Å²) in [6.07, 6.45) is -1.66. The Balaban J connectivity index is 3.07. The van der Waals surface area contributed by atoms with E-state index in [9.17, 15) is 5.11 Å².